The van der Waals surface area contributed by atoms with Gasteiger partial charge in [0.2, 0.25) is 0 Å². The Morgan fingerprint density at radius 1 is 1.04 bits per heavy atom. The second-order valence-electron chi connectivity index (χ2n) is 6.80. The Morgan fingerprint density at radius 2 is 1.80 bits per heavy atom. The van der Waals surface area contributed by atoms with Crippen LogP contribution in [-0.4, -0.2) is 19.0 Å². The van der Waals surface area contributed by atoms with Crippen LogP contribution in [0.4, 0.5) is 11.4 Å². The van der Waals surface area contributed by atoms with E-state index in [0.717, 1.165) is 18.8 Å². The molecule has 4 heteroatoms. The van der Waals surface area contributed by atoms with Gasteiger partial charge in [-0.2, -0.15) is 0 Å². The lowest BCUT2D eigenvalue weighted by molar-refractivity contribution is 0.576. The van der Waals surface area contributed by atoms with Crippen LogP contribution in [0.25, 0.3) is 0 Å². The topological polar surface area (TPSA) is 53.6 Å². The minimum Gasteiger partial charge on any atom is -0.371 e. The lowest BCUT2D eigenvalue weighted by atomic mass is 10.1. The number of hydrogen-bond acceptors (Lipinski definition) is 2. The average Bonchev–Trinajstić information content (AvgIpc) is 2.64. The zero-order valence-corrected chi connectivity index (χ0v) is 15.3. The van der Waals surface area contributed by atoms with Gasteiger partial charge in [0.15, 0.2) is 5.96 Å². The standard InChI is InChI=1S/C21H28N4/c1-16-10-11-19(14-17(16)2)24-21(22)23-15-18-8-4-5-9-20(18)25-12-6-3-7-13-25/h4-5,8-11,14H,3,6-7,12-13,15H2,1-2H3,(H3,22,23,24). The number of hydrogen-bond donors (Lipinski definition) is 2. The van der Waals surface area contributed by atoms with Crippen molar-refractivity contribution in [2.24, 2.45) is 10.7 Å². The van der Waals surface area contributed by atoms with Gasteiger partial charge in [-0.3, -0.25) is 0 Å². The Kier molecular flexibility index (Phi) is 5.59. The van der Waals surface area contributed by atoms with Gasteiger partial charge in [0, 0.05) is 24.5 Å². The Balaban J connectivity index is 1.69. The number of para-hydroxylation sites is 1. The van der Waals surface area contributed by atoms with Gasteiger partial charge in [-0.15, -0.1) is 0 Å². The summed E-state index contributed by atoms with van der Waals surface area (Å²) in [7, 11) is 0. The van der Waals surface area contributed by atoms with Crippen molar-refractivity contribution in [2.75, 3.05) is 23.3 Å². The van der Waals surface area contributed by atoms with Gasteiger partial charge >= 0.3 is 0 Å². The number of rotatable bonds is 4. The zero-order chi connectivity index (χ0) is 17.6. The molecular weight excluding hydrogens is 308 g/mol. The van der Waals surface area contributed by atoms with Crippen molar-refractivity contribution in [1.82, 2.24) is 0 Å². The number of aryl methyl sites for hydroxylation is 2. The Labute approximate surface area is 150 Å². The smallest absolute Gasteiger partial charge is 0.193 e. The number of guanidine groups is 1. The highest BCUT2D eigenvalue weighted by atomic mass is 15.1. The van der Waals surface area contributed by atoms with E-state index in [1.54, 1.807) is 0 Å². The summed E-state index contributed by atoms with van der Waals surface area (Å²) < 4.78 is 0. The van der Waals surface area contributed by atoms with Gasteiger partial charge in [0.1, 0.15) is 0 Å². The van der Waals surface area contributed by atoms with E-state index < -0.39 is 0 Å². The molecule has 4 nitrogen and oxygen atoms in total. The molecule has 0 spiro atoms. The summed E-state index contributed by atoms with van der Waals surface area (Å²) in [6.07, 6.45) is 3.88. The molecule has 1 aliphatic rings. The quantitative estimate of drug-likeness (QED) is 0.649. The SMILES string of the molecule is Cc1ccc(NC(N)=NCc2ccccc2N2CCCCC2)cc1C. The minimum atomic E-state index is 0.455. The molecule has 3 rings (SSSR count). The Morgan fingerprint density at radius 3 is 2.56 bits per heavy atom. The Hall–Kier alpha value is -2.49. The third-order valence-electron chi connectivity index (χ3n) is 4.89. The molecule has 0 bridgehead atoms. The highest BCUT2D eigenvalue weighted by molar-refractivity contribution is 5.92. The zero-order valence-electron chi connectivity index (χ0n) is 15.3. The van der Waals surface area contributed by atoms with Crippen molar-refractivity contribution in [3.05, 3.63) is 59.2 Å². The molecule has 1 fully saturated rings. The summed E-state index contributed by atoms with van der Waals surface area (Å²) in [5.74, 6) is 0.455. The number of anilines is 2. The first kappa shape index (κ1) is 17.3. The molecule has 2 aromatic rings. The van der Waals surface area contributed by atoms with Crippen LogP contribution in [0.15, 0.2) is 47.5 Å². The van der Waals surface area contributed by atoms with Gasteiger partial charge < -0.3 is 16.0 Å². The molecule has 0 aromatic heterocycles. The number of nitrogens with zero attached hydrogens (tertiary/aromatic N) is 2. The molecule has 25 heavy (non-hydrogen) atoms. The van der Waals surface area contributed by atoms with Gasteiger partial charge in [0.05, 0.1) is 6.54 Å². The molecule has 2 aromatic carbocycles. The van der Waals surface area contributed by atoms with E-state index in [1.807, 2.05) is 6.07 Å². The van der Waals surface area contributed by atoms with Crippen molar-refractivity contribution in [3.63, 3.8) is 0 Å². The van der Waals surface area contributed by atoms with Crippen molar-refractivity contribution in [3.8, 4) is 0 Å². The lowest BCUT2D eigenvalue weighted by Crippen LogP contribution is -2.30. The van der Waals surface area contributed by atoms with E-state index in [0.29, 0.717) is 12.5 Å². The van der Waals surface area contributed by atoms with E-state index in [1.165, 1.54) is 41.6 Å². The summed E-state index contributed by atoms with van der Waals surface area (Å²) in [5.41, 5.74) is 12.1. The molecular formula is C21H28N4. The van der Waals surface area contributed by atoms with E-state index in [4.69, 9.17) is 5.73 Å². The van der Waals surface area contributed by atoms with Crippen LogP contribution in [0.1, 0.15) is 36.0 Å². The summed E-state index contributed by atoms with van der Waals surface area (Å²) in [6, 6.07) is 14.8. The van der Waals surface area contributed by atoms with E-state index in [9.17, 15) is 0 Å². The third-order valence-corrected chi connectivity index (χ3v) is 4.89. The molecule has 0 unspecified atom stereocenters. The van der Waals surface area contributed by atoms with E-state index >= 15 is 0 Å². The first-order valence-electron chi connectivity index (χ1n) is 9.10. The number of piperidine rings is 1. The van der Waals surface area contributed by atoms with Gasteiger partial charge in [-0.25, -0.2) is 4.99 Å². The van der Waals surface area contributed by atoms with Gasteiger partial charge in [-0.05, 0) is 68.0 Å². The monoisotopic (exact) mass is 336 g/mol. The molecule has 0 saturated carbocycles. The number of nitrogens with one attached hydrogen (secondary N) is 1. The van der Waals surface area contributed by atoms with E-state index in [2.05, 4.69) is 65.5 Å². The third kappa shape index (κ3) is 4.53. The van der Waals surface area contributed by atoms with Crippen molar-refractivity contribution < 1.29 is 0 Å². The number of benzene rings is 2. The first-order valence-corrected chi connectivity index (χ1v) is 9.10. The van der Waals surface area contributed by atoms with Gasteiger partial charge in [-0.1, -0.05) is 24.3 Å². The maximum atomic E-state index is 6.10. The van der Waals surface area contributed by atoms with Crippen LogP contribution in [0.5, 0.6) is 0 Å². The average molecular weight is 336 g/mol. The molecule has 0 radical (unpaired) electrons. The van der Waals surface area contributed by atoms with Crippen LogP contribution in [0, 0.1) is 13.8 Å². The van der Waals surface area contributed by atoms with E-state index in [-0.39, 0.29) is 0 Å². The van der Waals surface area contributed by atoms with Crippen molar-refractivity contribution >= 4 is 17.3 Å². The van der Waals surface area contributed by atoms with Crippen LogP contribution in [0.2, 0.25) is 0 Å². The van der Waals surface area contributed by atoms with Crippen molar-refractivity contribution in [1.29, 1.82) is 0 Å². The molecule has 1 saturated heterocycles. The molecule has 0 atom stereocenters. The van der Waals surface area contributed by atoms with Crippen molar-refractivity contribution in [2.45, 2.75) is 39.7 Å². The number of nitrogens with two attached hydrogens (primary N) is 1. The lowest BCUT2D eigenvalue weighted by Gasteiger charge is -2.30. The largest absolute Gasteiger partial charge is 0.371 e. The fourth-order valence-corrected chi connectivity index (χ4v) is 3.26. The maximum absolute atomic E-state index is 6.10. The highest BCUT2D eigenvalue weighted by Gasteiger charge is 2.13. The maximum Gasteiger partial charge on any atom is 0.193 e. The van der Waals surface area contributed by atoms with Crippen LogP contribution < -0.4 is 16.0 Å². The van der Waals surface area contributed by atoms with Crippen LogP contribution in [-0.2, 0) is 6.54 Å². The molecule has 0 amide bonds. The summed E-state index contributed by atoms with van der Waals surface area (Å²) in [5, 5.41) is 3.19. The summed E-state index contributed by atoms with van der Waals surface area (Å²) in [6.45, 7) is 7.07. The fourth-order valence-electron chi connectivity index (χ4n) is 3.26. The predicted octanol–water partition coefficient (Wildman–Crippen LogP) is 4.22. The summed E-state index contributed by atoms with van der Waals surface area (Å²) in [4.78, 5) is 7.03. The Bertz CT molecular complexity index is 745. The molecule has 1 aliphatic heterocycles. The molecule has 1 heterocycles. The second-order valence-corrected chi connectivity index (χ2v) is 6.80. The van der Waals surface area contributed by atoms with Gasteiger partial charge in [0.25, 0.3) is 0 Å². The molecule has 3 N–H and O–H groups in total. The van der Waals surface area contributed by atoms with Crippen LogP contribution in [0.3, 0.4) is 0 Å². The first-order chi connectivity index (χ1) is 12.1. The fraction of sp³-hybridized carbons (Fsp3) is 0.381. The highest BCUT2D eigenvalue weighted by Crippen LogP contribution is 2.24. The molecule has 0 aliphatic carbocycles. The summed E-state index contributed by atoms with van der Waals surface area (Å²) >= 11 is 0. The second kappa shape index (κ2) is 8.06. The van der Waals surface area contributed by atoms with Crippen LogP contribution >= 0.6 is 0 Å². The minimum absolute atomic E-state index is 0.455. The number of aliphatic imine (C=N–C) groups is 1. The predicted molar refractivity (Wildman–Crippen MR) is 107 cm³/mol. The molecule has 132 valence electrons. The normalized spacial score (nSPS) is 15.3.